The van der Waals surface area contributed by atoms with Crippen molar-refractivity contribution in [1.82, 2.24) is 20.2 Å². The fourth-order valence-electron chi connectivity index (χ4n) is 2.81. The fraction of sp³-hybridized carbons (Fsp3) is 0.0476. The van der Waals surface area contributed by atoms with Crippen LogP contribution in [0, 0.1) is 12.7 Å². The molecule has 0 aliphatic heterocycles. The highest BCUT2D eigenvalue weighted by Crippen LogP contribution is 2.39. The maximum absolute atomic E-state index is 13.2. The monoisotopic (exact) mass is 420 g/mol. The third-order valence-corrected chi connectivity index (χ3v) is 6.45. The van der Waals surface area contributed by atoms with Crippen molar-refractivity contribution in [3.05, 3.63) is 72.3 Å². The number of aromatic nitrogens is 4. The molecule has 2 aromatic carbocycles. The van der Waals surface area contributed by atoms with Gasteiger partial charge in [-0.2, -0.15) is 0 Å². The quantitative estimate of drug-likeness (QED) is 0.332. The highest BCUT2D eigenvalue weighted by molar-refractivity contribution is 7.99. The summed E-state index contributed by atoms with van der Waals surface area (Å²) in [6.45, 7) is 2.03. The topological polar surface area (TPSA) is 64.7 Å². The Balaban J connectivity index is 1.46. The number of thiophene rings is 1. The molecule has 5 rings (SSSR count). The lowest BCUT2D eigenvalue weighted by atomic mass is 10.1. The second kappa shape index (κ2) is 7.38. The van der Waals surface area contributed by atoms with Crippen molar-refractivity contribution in [2.75, 3.05) is 0 Å². The van der Waals surface area contributed by atoms with Crippen molar-refractivity contribution in [3.63, 3.8) is 0 Å². The predicted octanol–water partition coefficient (Wildman–Crippen LogP) is 6.01. The van der Waals surface area contributed by atoms with Crippen molar-refractivity contribution >= 4 is 33.3 Å². The summed E-state index contributed by atoms with van der Waals surface area (Å²) in [6, 6.07) is 16.3. The third-order valence-electron chi connectivity index (χ3n) is 4.30. The van der Waals surface area contributed by atoms with E-state index in [1.54, 1.807) is 23.5 Å². The van der Waals surface area contributed by atoms with Gasteiger partial charge in [0.2, 0.25) is 5.89 Å². The van der Waals surface area contributed by atoms with Crippen LogP contribution in [0.5, 0.6) is 0 Å². The molecule has 0 saturated carbocycles. The molecule has 0 atom stereocenters. The molecular formula is C21H13FN4OS2. The zero-order valence-electron chi connectivity index (χ0n) is 15.2. The largest absolute Gasteiger partial charge is 0.411 e. The van der Waals surface area contributed by atoms with Crippen molar-refractivity contribution < 1.29 is 8.81 Å². The van der Waals surface area contributed by atoms with Crippen LogP contribution in [0.4, 0.5) is 4.39 Å². The number of hydrogen-bond acceptors (Lipinski definition) is 7. The van der Waals surface area contributed by atoms with E-state index in [2.05, 4.69) is 20.2 Å². The van der Waals surface area contributed by atoms with Crippen LogP contribution in [-0.4, -0.2) is 20.2 Å². The highest BCUT2D eigenvalue weighted by Gasteiger charge is 2.15. The minimum atomic E-state index is -0.258. The minimum absolute atomic E-state index is 0.258. The Morgan fingerprint density at radius 1 is 0.931 bits per heavy atom. The second-order valence-electron chi connectivity index (χ2n) is 6.35. The van der Waals surface area contributed by atoms with Crippen molar-refractivity contribution in [2.45, 2.75) is 17.2 Å². The number of aryl methyl sites for hydroxylation is 1. The van der Waals surface area contributed by atoms with Gasteiger partial charge in [-0.25, -0.2) is 14.4 Å². The molecule has 3 aromatic heterocycles. The van der Waals surface area contributed by atoms with Gasteiger partial charge in [-0.1, -0.05) is 29.8 Å². The molecule has 0 aliphatic rings. The van der Waals surface area contributed by atoms with Crippen LogP contribution in [0.25, 0.3) is 32.1 Å². The van der Waals surface area contributed by atoms with Crippen molar-refractivity contribution in [2.24, 2.45) is 0 Å². The molecule has 0 spiro atoms. The van der Waals surface area contributed by atoms with Gasteiger partial charge < -0.3 is 4.42 Å². The lowest BCUT2D eigenvalue weighted by Gasteiger charge is -1.97. The molecule has 8 heteroatoms. The normalized spacial score (nSPS) is 11.2. The zero-order valence-corrected chi connectivity index (χ0v) is 16.8. The maximum atomic E-state index is 13.2. The zero-order chi connectivity index (χ0) is 19.8. The van der Waals surface area contributed by atoms with Gasteiger partial charge in [-0.3, -0.25) is 0 Å². The van der Waals surface area contributed by atoms with Crippen LogP contribution in [0.3, 0.4) is 0 Å². The molecule has 0 radical (unpaired) electrons. The number of fused-ring (bicyclic) bond motifs is 1. The average molecular weight is 420 g/mol. The van der Waals surface area contributed by atoms with Crippen LogP contribution in [-0.2, 0) is 0 Å². The van der Waals surface area contributed by atoms with Crippen molar-refractivity contribution in [3.8, 4) is 21.9 Å². The van der Waals surface area contributed by atoms with E-state index in [0.717, 1.165) is 31.2 Å². The smallest absolute Gasteiger partial charge is 0.283 e. The first-order chi connectivity index (χ1) is 14.2. The molecule has 0 aliphatic carbocycles. The van der Waals surface area contributed by atoms with E-state index < -0.39 is 0 Å². The SMILES string of the molecule is Cc1ccc(-c2nnc(Sc3ncnc4cc(-c5ccc(F)cc5)sc34)o2)cc1. The molecule has 29 heavy (non-hydrogen) atoms. The van der Waals surface area contributed by atoms with Crippen LogP contribution < -0.4 is 0 Å². The summed E-state index contributed by atoms with van der Waals surface area (Å²) in [6.07, 6.45) is 1.52. The van der Waals surface area contributed by atoms with Gasteiger partial charge in [-0.05, 0) is 54.6 Å². The predicted molar refractivity (Wildman–Crippen MR) is 111 cm³/mol. The Morgan fingerprint density at radius 3 is 2.48 bits per heavy atom. The molecule has 0 amide bonds. The summed E-state index contributed by atoms with van der Waals surface area (Å²) in [5, 5.41) is 9.44. The summed E-state index contributed by atoms with van der Waals surface area (Å²) in [7, 11) is 0. The van der Waals surface area contributed by atoms with E-state index in [9.17, 15) is 4.39 Å². The van der Waals surface area contributed by atoms with Gasteiger partial charge in [0, 0.05) is 10.4 Å². The molecule has 5 nitrogen and oxygen atoms in total. The van der Waals surface area contributed by atoms with Crippen LogP contribution >= 0.6 is 23.1 Å². The minimum Gasteiger partial charge on any atom is -0.411 e. The molecule has 0 bridgehead atoms. The van der Waals surface area contributed by atoms with Crippen molar-refractivity contribution in [1.29, 1.82) is 0 Å². The van der Waals surface area contributed by atoms with Gasteiger partial charge in [0.15, 0.2) is 0 Å². The van der Waals surface area contributed by atoms with Gasteiger partial charge in [0.1, 0.15) is 17.2 Å². The molecule has 0 saturated heterocycles. The van der Waals surface area contributed by atoms with E-state index in [0.29, 0.717) is 11.1 Å². The standard InChI is InChI=1S/C21H13FN4OS2/c1-12-2-4-14(5-3-12)19-25-26-21(27-19)29-20-18-16(23-11-24-20)10-17(28-18)13-6-8-15(22)9-7-13/h2-11H,1H3. The summed E-state index contributed by atoms with van der Waals surface area (Å²) in [5.41, 5.74) is 3.80. The molecular weight excluding hydrogens is 407 g/mol. The van der Waals surface area contributed by atoms with Gasteiger partial charge in [-0.15, -0.1) is 21.5 Å². The maximum Gasteiger partial charge on any atom is 0.283 e. The summed E-state index contributed by atoms with van der Waals surface area (Å²) < 4.78 is 19.9. The van der Waals surface area contributed by atoms with E-state index in [1.165, 1.54) is 35.8 Å². The fourth-order valence-corrected chi connectivity index (χ4v) is 4.72. The molecule has 3 heterocycles. The molecule has 0 N–H and O–H groups in total. The Morgan fingerprint density at radius 2 is 1.69 bits per heavy atom. The average Bonchev–Trinajstić information content (AvgIpc) is 3.37. The molecule has 0 fully saturated rings. The molecule has 5 aromatic rings. The van der Waals surface area contributed by atoms with E-state index in [4.69, 9.17) is 4.42 Å². The number of halogens is 1. The molecule has 0 unspecified atom stereocenters. The van der Waals surface area contributed by atoms with E-state index in [1.807, 2.05) is 37.3 Å². The first-order valence-corrected chi connectivity index (χ1v) is 10.4. The van der Waals surface area contributed by atoms with Gasteiger partial charge in [0.25, 0.3) is 5.22 Å². The Kier molecular flexibility index (Phi) is 4.57. The molecule has 142 valence electrons. The van der Waals surface area contributed by atoms with Crippen LogP contribution in [0.15, 0.2) is 75.6 Å². The number of rotatable bonds is 4. The summed E-state index contributed by atoms with van der Waals surface area (Å²) >= 11 is 2.85. The summed E-state index contributed by atoms with van der Waals surface area (Å²) in [4.78, 5) is 9.74. The number of nitrogens with zero attached hydrogens (tertiary/aromatic N) is 4. The third kappa shape index (κ3) is 3.64. The van der Waals surface area contributed by atoms with Gasteiger partial charge >= 0.3 is 0 Å². The lowest BCUT2D eigenvalue weighted by molar-refractivity contribution is 0.465. The lowest BCUT2D eigenvalue weighted by Crippen LogP contribution is -1.82. The number of hydrogen-bond donors (Lipinski definition) is 0. The Hall–Kier alpha value is -3.10. The Bertz CT molecular complexity index is 1300. The first-order valence-electron chi connectivity index (χ1n) is 8.74. The van der Waals surface area contributed by atoms with E-state index >= 15 is 0 Å². The summed E-state index contributed by atoms with van der Waals surface area (Å²) in [5.74, 6) is 0.211. The first kappa shape index (κ1) is 18.0. The second-order valence-corrected chi connectivity index (χ2v) is 8.34. The van der Waals surface area contributed by atoms with E-state index in [-0.39, 0.29) is 5.82 Å². The van der Waals surface area contributed by atoms with Crippen LogP contribution in [0.1, 0.15) is 5.56 Å². The van der Waals surface area contributed by atoms with Crippen LogP contribution in [0.2, 0.25) is 0 Å². The highest BCUT2D eigenvalue weighted by atomic mass is 32.2. The Labute approximate surface area is 173 Å². The van der Waals surface area contributed by atoms with Gasteiger partial charge in [0.05, 0.1) is 10.2 Å². The number of benzene rings is 2.